The third kappa shape index (κ3) is 2.65. The minimum absolute atomic E-state index is 0.673. The summed E-state index contributed by atoms with van der Waals surface area (Å²) in [6, 6.07) is 14.5. The van der Waals surface area contributed by atoms with E-state index in [-0.39, 0.29) is 0 Å². The minimum Gasteiger partial charge on any atom is -0.375 e. The zero-order chi connectivity index (χ0) is 14.8. The molecule has 0 unspecified atom stereocenters. The molecule has 0 amide bonds. The van der Waals surface area contributed by atoms with Crippen LogP contribution in [-0.2, 0) is 17.9 Å². The van der Waals surface area contributed by atoms with Gasteiger partial charge in [0, 0.05) is 23.9 Å². The molecule has 0 fully saturated rings. The molecule has 3 heterocycles. The Morgan fingerprint density at radius 2 is 2.14 bits per heavy atom. The molecule has 0 saturated heterocycles. The first kappa shape index (κ1) is 13.5. The molecule has 0 radical (unpaired) electrons. The maximum Gasteiger partial charge on any atom is 0.177 e. The van der Waals surface area contributed by atoms with Crippen molar-refractivity contribution in [2.24, 2.45) is 0 Å². The Labute approximate surface area is 132 Å². The van der Waals surface area contributed by atoms with Crippen molar-refractivity contribution in [3.05, 3.63) is 59.1 Å². The number of hydrogen-bond acceptors (Lipinski definition) is 5. The highest BCUT2D eigenvalue weighted by molar-refractivity contribution is 7.13. The molecule has 0 atom stereocenters. The monoisotopic (exact) mass is 312 g/mol. The Morgan fingerprint density at radius 3 is 3.05 bits per heavy atom. The molecule has 0 spiro atoms. The summed E-state index contributed by atoms with van der Waals surface area (Å²) in [6.45, 7) is 2.99. The van der Waals surface area contributed by atoms with Crippen LogP contribution in [0.2, 0.25) is 0 Å². The van der Waals surface area contributed by atoms with Crippen LogP contribution in [0.3, 0.4) is 0 Å². The van der Waals surface area contributed by atoms with Crippen molar-refractivity contribution in [1.29, 1.82) is 0 Å². The van der Waals surface area contributed by atoms with Crippen LogP contribution >= 0.6 is 11.3 Å². The average molecular weight is 312 g/mol. The third-order valence-corrected chi connectivity index (χ3v) is 4.66. The molecule has 4 rings (SSSR count). The average Bonchev–Trinajstić information content (AvgIpc) is 3.18. The second-order valence-corrected chi connectivity index (χ2v) is 6.21. The zero-order valence-corrected chi connectivity index (χ0v) is 12.9. The fourth-order valence-corrected chi connectivity index (χ4v) is 3.37. The van der Waals surface area contributed by atoms with Crippen molar-refractivity contribution < 1.29 is 9.26 Å². The van der Waals surface area contributed by atoms with E-state index in [9.17, 15) is 0 Å². The predicted molar refractivity (Wildman–Crippen MR) is 87.0 cm³/mol. The molecule has 1 aliphatic heterocycles. The molecule has 0 N–H and O–H groups in total. The van der Waals surface area contributed by atoms with Crippen LogP contribution in [-0.4, -0.2) is 18.3 Å². The number of anilines is 1. The molecule has 2 aromatic heterocycles. The summed E-state index contributed by atoms with van der Waals surface area (Å²) in [5, 5.41) is 6.26. The number of benzene rings is 1. The summed E-state index contributed by atoms with van der Waals surface area (Å²) in [5.41, 5.74) is 3.39. The number of ether oxygens (including phenoxy) is 1. The molecular formula is C17H16N2O2S. The first-order valence-corrected chi connectivity index (χ1v) is 8.18. The molecule has 1 aromatic carbocycles. The maximum absolute atomic E-state index is 5.67. The lowest BCUT2D eigenvalue weighted by molar-refractivity contribution is 0.132. The van der Waals surface area contributed by atoms with E-state index in [2.05, 4.69) is 34.3 Å². The topological polar surface area (TPSA) is 38.5 Å². The second-order valence-electron chi connectivity index (χ2n) is 5.26. The van der Waals surface area contributed by atoms with E-state index >= 15 is 0 Å². The van der Waals surface area contributed by atoms with E-state index in [1.165, 1.54) is 11.3 Å². The largest absolute Gasteiger partial charge is 0.375 e. The Kier molecular flexibility index (Phi) is 3.66. The van der Waals surface area contributed by atoms with Crippen molar-refractivity contribution in [3.8, 4) is 10.6 Å². The normalized spacial score (nSPS) is 14.6. The van der Waals surface area contributed by atoms with Crippen LogP contribution in [0, 0.1) is 0 Å². The molecule has 112 valence electrons. The van der Waals surface area contributed by atoms with Gasteiger partial charge in [0.05, 0.1) is 24.6 Å². The molecular weight excluding hydrogens is 296 g/mol. The Bertz CT molecular complexity index is 752. The fraction of sp³-hybridized carbons (Fsp3) is 0.235. The molecule has 0 saturated carbocycles. The Morgan fingerprint density at radius 1 is 1.18 bits per heavy atom. The summed E-state index contributed by atoms with van der Waals surface area (Å²) < 4.78 is 11.1. The fourth-order valence-electron chi connectivity index (χ4n) is 2.70. The number of nitrogens with zero attached hydrogens (tertiary/aromatic N) is 2. The smallest absolute Gasteiger partial charge is 0.177 e. The van der Waals surface area contributed by atoms with Gasteiger partial charge in [0.15, 0.2) is 5.76 Å². The van der Waals surface area contributed by atoms with Crippen LogP contribution in [0.15, 0.2) is 52.4 Å². The SMILES string of the molecule is c1csc(-c2cc(CN3CCOCc4ccccc43)no2)c1. The van der Waals surface area contributed by atoms with Gasteiger partial charge >= 0.3 is 0 Å². The van der Waals surface area contributed by atoms with Crippen LogP contribution in [0.4, 0.5) is 5.69 Å². The van der Waals surface area contributed by atoms with E-state index < -0.39 is 0 Å². The quantitative estimate of drug-likeness (QED) is 0.734. The van der Waals surface area contributed by atoms with Crippen LogP contribution < -0.4 is 4.90 Å². The van der Waals surface area contributed by atoms with Crippen molar-refractivity contribution in [1.82, 2.24) is 5.16 Å². The van der Waals surface area contributed by atoms with Crippen molar-refractivity contribution >= 4 is 17.0 Å². The summed E-state index contributed by atoms with van der Waals surface area (Å²) in [7, 11) is 0. The number of fused-ring (bicyclic) bond motifs is 1. The number of rotatable bonds is 3. The highest BCUT2D eigenvalue weighted by atomic mass is 32.1. The number of aromatic nitrogens is 1. The third-order valence-electron chi connectivity index (χ3n) is 3.77. The Hall–Kier alpha value is -2.11. The molecule has 22 heavy (non-hydrogen) atoms. The molecule has 4 nitrogen and oxygen atoms in total. The molecule has 3 aromatic rings. The van der Waals surface area contributed by atoms with Gasteiger partial charge in [0.25, 0.3) is 0 Å². The van der Waals surface area contributed by atoms with Gasteiger partial charge in [-0.05, 0) is 17.5 Å². The van der Waals surface area contributed by atoms with Crippen molar-refractivity contribution in [2.75, 3.05) is 18.1 Å². The highest BCUT2D eigenvalue weighted by Gasteiger charge is 2.17. The molecule has 1 aliphatic rings. The van der Waals surface area contributed by atoms with Gasteiger partial charge in [-0.2, -0.15) is 0 Å². The number of para-hydroxylation sites is 1. The lowest BCUT2D eigenvalue weighted by atomic mass is 10.1. The van der Waals surface area contributed by atoms with Gasteiger partial charge in [-0.15, -0.1) is 11.3 Å². The van der Waals surface area contributed by atoms with E-state index in [1.54, 1.807) is 11.3 Å². The summed E-state index contributed by atoms with van der Waals surface area (Å²) in [4.78, 5) is 3.41. The van der Waals surface area contributed by atoms with Gasteiger partial charge < -0.3 is 14.2 Å². The first-order chi connectivity index (χ1) is 10.9. The number of thiophene rings is 1. The zero-order valence-electron chi connectivity index (χ0n) is 12.1. The van der Waals surface area contributed by atoms with Gasteiger partial charge in [0.2, 0.25) is 0 Å². The second kappa shape index (κ2) is 5.94. The standard InChI is InChI=1S/C17H16N2O2S/c1-2-5-15-13(4-1)12-20-8-7-19(15)11-14-10-16(21-18-14)17-6-3-9-22-17/h1-6,9-10H,7-8,11-12H2. The van der Waals surface area contributed by atoms with Crippen molar-refractivity contribution in [2.45, 2.75) is 13.2 Å². The van der Waals surface area contributed by atoms with Crippen LogP contribution in [0.5, 0.6) is 0 Å². The highest BCUT2D eigenvalue weighted by Crippen LogP contribution is 2.28. The van der Waals surface area contributed by atoms with E-state index in [1.807, 2.05) is 23.6 Å². The predicted octanol–water partition coefficient (Wildman–Crippen LogP) is 3.94. The Balaban J connectivity index is 1.58. The van der Waals surface area contributed by atoms with Gasteiger partial charge in [-0.25, -0.2) is 0 Å². The van der Waals surface area contributed by atoms with Gasteiger partial charge in [-0.1, -0.05) is 29.4 Å². The van der Waals surface area contributed by atoms with E-state index in [0.29, 0.717) is 6.61 Å². The van der Waals surface area contributed by atoms with E-state index in [0.717, 1.165) is 36.0 Å². The summed E-state index contributed by atoms with van der Waals surface area (Å²) in [5.74, 6) is 0.837. The minimum atomic E-state index is 0.673. The lowest BCUT2D eigenvalue weighted by Gasteiger charge is -2.22. The molecule has 0 bridgehead atoms. The lowest BCUT2D eigenvalue weighted by Crippen LogP contribution is -2.25. The maximum atomic E-state index is 5.67. The van der Waals surface area contributed by atoms with Gasteiger partial charge in [0.1, 0.15) is 5.69 Å². The molecule has 0 aliphatic carbocycles. The van der Waals surface area contributed by atoms with Gasteiger partial charge in [-0.3, -0.25) is 0 Å². The summed E-state index contributed by atoms with van der Waals surface area (Å²) >= 11 is 1.66. The molecule has 5 heteroatoms. The van der Waals surface area contributed by atoms with E-state index in [4.69, 9.17) is 9.26 Å². The first-order valence-electron chi connectivity index (χ1n) is 7.30. The van der Waals surface area contributed by atoms with Crippen LogP contribution in [0.1, 0.15) is 11.3 Å². The number of hydrogen-bond donors (Lipinski definition) is 0. The van der Waals surface area contributed by atoms with Crippen molar-refractivity contribution in [3.63, 3.8) is 0 Å². The van der Waals surface area contributed by atoms with Crippen LogP contribution in [0.25, 0.3) is 10.6 Å². The summed E-state index contributed by atoms with van der Waals surface area (Å²) in [6.07, 6.45) is 0.